The number of benzene rings is 1. The Kier molecular flexibility index (Phi) is 5.90. The molecule has 0 saturated carbocycles. The predicted octanol–water partition coefficient (Wildman–Crippen LogP) is 3.59. The van der Waals surface area contributed by atoms with E-state index in [1.807, 2.05) is 23.4 Å². The van der Waals surface area contributed by atoms with Gasteiger partial charge in [0.05, 0.1) is 6.20 Å². The maximum absolute atomic E-state index is 13.2. The number of carbonyl (C=O) groups excluding carboxylic acids is 1. The lowest BCUT2D eigenvalue weighted by Gasteiger charge is -2.32. The maximum atomic E-state index is 13.2. The molecule has 0 spiro atoms. The molecule has 0 bridgehead atoms. The quantitative estimate of drug-likeness (QED) is 0.644. The van der Waals surface area contributed by atoms with Crippen molar-refractivity contribution in [1.29, 1.82) is 0 Å². The summed E-state index contributed by atoms with van der Waals surface area (Å²) in [5, 5.41) is 4.42. The molecule has 29 heavy (non-hydrogen) atoms. The number of aromatic nitrogens is 3. The molecular formula is C23H29N5O. The van der Waals surface area contributed by atoms with Crippen LogP contribution in [-0.2, 0) is 6.54 Å². The van der Waals surface area contributed by atoms with Gasteiger partial charge in [-0.1, -0.05) is 44.2 Å². The Balaban J connectivity index is 1.52. The molecule has 3 heterocycles. The van der Waals surface area contributed by atoms with Crippen molar-refractivity contribution in [3.63, 3.8) is 0 Å². The van der Waals surface area contributed by atoms with Gasteiger partial charge in [-0.15, -0.1) is 0 Å². The van der Waals surface area contributed by atoms with Gasteiger partial charge >= 0.3 is 0 Å². The van der Waals surface area contributed by atoms with Gasteiger partial charge in [-0.2, -0.15) is 5.10 Å². The second-order valence-corrected chi connectivity index (χ2v) is 7.75. The summed E-state index contributed by atoms with van der Waals surface area (Å²) < 4.78 is 1.74. The fourth-order valence-corrected chi connectivity index (χ4v) is 4.18. The van der Waals surface area contributed by atoms with Crippen LogP contribution in [-0.4, -0.2) is 56.5 Å². The van der Waals surface area contributed by atoms with Gasteiger partial charge in [-0.05, 0) is 31.5 Å². The van der Waals surface area contributed by atoms with Crippen LogP contribution < -0.4 is 0 Å². The average molecular weight is 392 g/mol. The highest BCUT2D eigenvalue weighted by Gasteiger charge is 2.27. The van der Waals surface area contributed by atoms with Gasteiger partial charge in [0.25, 0.3) is 5.91 Å². The van der Waals surface area contributed by atoms with Crippen molar-refractivity contribution >= 4 is 11.6 Å². The molecule has 1 aliphatic heterocycles. The Morgan fingerprint density at radius 2 is 1.97 bits per heavy atom. The van der Waals surface area contributed by atoms with E-state index in [0.29, 0.717) is 17.1 Å². The molecule has 1 aromatic carbocycles. The summed E-state index contributed by atoms with van der Waals surface area (Å²) >= 11 is 0. The molecule has 0 N–H and O–H groups in total. The van der Waals surface area contributed by atoms with Crippen LogP contribution in [0.5, 0.6) is 0 Å². The molecule has 6 heteroatoms. The molecule has 0 radical (unpaired) electrons. The smallest absolute Gasteiger partial charge is 0.259 e. The first-order valence-corrected chi connectivity index (χ1v) is 10.6. The third-order valence-electron chi connectivity index (χ3n) is 5.92. The van der Waals surface area contributed by atoms with Crippen molar-refractivity contribution in [2.24, 2.45) is 0 Å². The minimum Gasteiger partial charge on any atom is -0.338 e. The monoisotopic (exact) mass is 391 g/mol. The number of amides is 1. The number of likely N-dealkylation sites (tertiary alicyclic amines) is 1. The Bertz CT molecular complexity index is 964. The summed E-state index contributed by atoms with van der Waals surface area (Å²) in [6.45, 7) is 8.68. The minimum absolute atomic E-state index is 0.0321. The lowest BCUT2D eigenvalue weighted by Crippen LogP contribution is -2.39. The largest absolute Gasteiger partial charge is 0.338 e. The van der Waals surface area contributed by atoms with E-state index in [9.17, 15) is 4.79 Å². The van der Waals surface area contributed by atoms with E-state index in [1.165, 1.54) is 5.56 Å². The normalized spacial score (nSPS) is 17.2. The van der Waals surface area contributed by atoms with E-state index >= 15 is 0 Å². The molecule has 4 rings (SSSR count). The summed E-state index contributed by atoms with van der Waals surface area (Å²) in [6.07, 6.45) is 7.66. The molecule has 1 atom stereocenters. The van der Waals surface area contributed by atoms with Gasteiger partial charge in [-0.25, -0.2) is 9.50 Å². The van der Waals surface area contributed by atoms with E-state index in [2.05, 4.69) is 53.1 Å². The topological polar surface area (TPSA) is 53.7 Å². The lowest BCUT2D eigenvalue weighted by molar-refractivity contribution is 0.0709. The molecule has 2 aromatic heterocycles. The van der Waals surface area contributed by atoms with Crippen molar-refractivity contribution in [2.45, 2.75) is 39.2 Å². The van der Waals surface area contributed by atoms with Crippen molar-refractivity contribution in [3.05, 3.63) is 65.6 Å². The van der Waals surface area contributed by atoms with Crippen LogP contribution in [0.25, 0.3) is 5.65 Å². The van der Waals surface area contributed by atoms with Crippen molar-refractivity contribution in [3.8, 4) is 0 Å². The molecular weight excluding hydrogens is 362 g/mol. The van der Waals surface area contributed by atoms with Crippen LogP contribution in [0, 0.1) is 0 Å². The van der Waals surface area contributed by atoms with Crippen LogP contribution >= 0.6 is 0 Å². The molecule has 1 unspecified atom stereocenters. The first-order valence-electron chi connectivity index (χ1n) is 10.6. The highest BCUT2D eigenvalue weighted by molar-refractivity contribution is 5.99. The van der Waals surface area contributed by atoms with Crippen LogP contribution in [0.2, 0.25) is 0 Å². The summed E-state index contributed by atoms with van der Waals surface area (Å²) in [5.74, 6) is 0.425. The molecule has 152 valence electrons. The molecule has 6 nitrogen and oxygen atoms in total. The second-order valence-electron chi connectivity index (χ2n) is 7.75. The summed E-state index contributed by atoms with van der Waals surface area (Å²) in [6, 6.07) is 10.5. The lowest BCUT2D eigenvalue weighted by atomic mass is 9.90. The number of fused-ring (bicyclic) bond motifs is 1. The first kappa shape index (κ1) is 19.6. The predicted molar refractivity (Wildman–Crippen MR) is 114 cm³/mol. The number of rotatable bonds is 6. The zero-order chi connectivity index (χ0) is 20.2. The second kappa shape index (κ2) is 8.74. The highest BCUT2D eigenvalue weighted by atomic mass is 16.2. The number of hydrogen-bond donors (Lipinski definition) is 0. The van der Waals surface area contributed by atoms with Crippen LogP contribution in [0.4, 0.5) is 0 Å². The van der Waals surface area contributed by atoms with E-state index in [-0.39, 0.29) is 5.91 Å². The van der Waals surface area contributed by atoms with Crippen LogP contribution in [0.15, 0.2) is 48.9 Å². The van der Waals surface area contributed by atoms with Crippen LogP contribution in [0.1, 0.15) is 54.1 Å². The zero-order valence-corrected chi connectivity index (χ0v) is 17.3. The fourth-order valence-electron chi connectivity index (χ4n) is 4.18. The number of nitrogens with zero attached hydrogens (tertiary/aromatic N) is 5. The van der Waals surface area contributed by atoms with E-state index in [1.54, 1.807) is 10.7 Å². The summed E-state index contributed by atoms with van der Waals surface area (Å²) in [5.41, 5.74) is 3.64. The number of carbonyl (C=O) groups is 1. The summed E-state index contributed by atoms with van der Waals surface area (Å²) in [4.78, 5) is 22.1. The molecule has 1 saturated heterocycles. The fraction of sp³-hybridized carbons (Fsp3) is 0.435. The highest BCUT2D eigenvalue weighted by Crippen LogP contribution is 2.28. The summed E-state index contributed by atoms with van der Waals surface area (Å²) in [7, 11) is 0. The van der Waals surface area contributed by atoms with E-state index in [4.69, 9.17) is 0 Å². The van der Waals surface area contributed by atoms with E-state index in [0.717, 1.165) is 51.1 Å². The standard InChI is InChI=1S/C23H29N5O/c1-3-26(4-2)15-18-13-24-22-21(14-25-28(22)16-18)23(29)27-12-8-11-20(17-27)19-9-6-5-7-10-19/h5-7,9-10,13-14,16,20H,3-4,8,11-12,15,17H2,1-2H3. The van der Waals surface area contributed by atoms with Gasteiger partial charge in [0, 0.05) is 43.5 Å². The van der Waals surface area contributed by atoms with Gasteiger partial charge < -0.3 is 4.90 Å². The molecule has 0 aliphatic carbocycles. The van der Waals surface area contributed by atoms with E-state index < -0.39 is 0 Å². The average Bonchev–Trinajstić information content (AvgIpc) is 3.21. The molecule has 1 amide bonds. The molecule has 1 aliphatic rings. The SMILES string of the molecule is CCN(CC)Cc1cnc2c(C(=O)N3CCCC(c4ccccc4)C3)cnn2c1. The van der Waals surface area contributed by atoms with Crippen molar-refractivity contribution in [2.75, 3.05) is 26.2 Å². The Hall–Kier alpha value is -2.73. The van der Waals surface area contributed by atoms with Crippen LogP contribution in [0.3, 0.4) is 0 Å². The van der Waals surface area contributed by atoms with Gasteiger partial charge in [0.1, 0.15) is 5.56 Å². The Labute approximate surface area is 172 Å². The third-order valence-corrected chi connectivity index (χ3v) is 5.92. The van der Waals surface area contributed by atoms with Gasteiger partial charge in [0.2, 0.25) is 0 Å². The van der Waals surface area contributed by atoms with Gasteiger partial charge in [0.15, 0.2) is 5.65 Å². The minimum atomic E-state index is 0.0321. The number of hydrogen-bond acceptors (Lipinski definition) is 4. The maximum Gasteiger partial charge on any atom is 0.259 e. The Morgan fingerprint density at radius 1 is 1.17 bits per heavy atom. The first-order chi connectivity index (χ1) is 14.2. The number of piperidine rings is 1. The zero-order valence-electron chi connectivity index (χ0n) is 17.3. The van der Waals surface area contributed by atoms with Gasteiger partial charge in [-0.3, -0.25) is 9.69 Å². The Morgan fingerprint density at radius 3 is 2.72 bits per heavy atom. The molecule has 1 fully saturated rings. The van der Waals surface area contributed by atoms with Crippen molar-refractivity contribution in [1.82, 2.24) is 24.4 Å². The molecule has 3 aromatic rings. The van der Waals surface area contributed by atoms with Crippen molar-refractivity contribution < 1.29 is 4.79 Å². The third kappa shape index (κ3) is 4.17.